The molecule has 2 aromatic heterocycles. The molecule has 0 spiro atoms. The van der Waals surface area contributed by atoms with E-state index in [1.165, 1.54) is 5.69 Å². The van der Waals surface area contributed by atoms with Gasteiger partial charge in [0, 0.05) is 43.6 Å². The first-order valence-corrected chi connectivity index (χ1v) is 8.05. The second-order valence-corrected chi connectivity index (χ2v) is 6.10. The fourth-order valence-corrected chi connectivity index (χ4v) is 2.84. The maximum absolute atomic E-state index is 5.14. The van der Waals surface area contributed by atoms with Crippen LogP contribution in [0.2, 0.25) is 0 Å². The van der Waals surface area contributed by atoms with Crippen LogP contribution < -0.4 is 10.1 Å². The highest BCUT2D eigenvalue weighted by molar-refractivity contribution is 9.10. The van der Waals surface area contributed by atoms with Crippen molar-refractivity contribution in [2.45, 2.75) is 13.1 Å². The average Bonchev–Trinajstić information content (AvgIpc) is 2.85. The summed E-state index contributed by atoms with van der Waals surface area (Å²) in [6, 6.07) is 7.82. The summed E-state index contributed by atoms with van der Waals surface area (Å²) in [5, 5.41) is 3.32. The molecular weight excluding hydrogens is 358 g/mol. The van der Waals surface area contributed by atoms with E-state index in [1.54, 1.807) is 14.2 Å². The summed E-state index contributed by atoms with van der Waals surface area (Å²) < 4.78 is 8.31. The lowest BCUT2D eigenvalue weighted by molar-refractivity contribution is 0.395. The maximum atomic E-state index is 5.14. The molecular formula is C16H22BrN5O. The van der Waals surface area contributed by atoms with Crippen molar-refractivity contribution in [3.63, 3.8) is 0 Å². The van der Waals surface area contributed by atoms with Crippen LogP contribution in [-0.4, -0.2) is 41.6 Å². The van der Waals surface area contributed by atoms with E-state index in [0.29, 0.717) is 12.4 Å². The Hall–Kier alpha value is -2.02. The van der Waals surface area contributed by atoms with Gasteiger partial charge in [-0.15, -0.1) is 0 Å². The predicted octanol–water partition coefficient (Wildman–Crippen LogP) is 2.40. The zero-order valence-electron chi connectivity index (χ0n) is 13.9. The van der Waals surface area contributed by atoms with Gasteiger partial charge in [-0.25, -0.2) is 4.98 Å². The van der Waals surface area contributed by atoms with Crippen molar-refractivity contribution in [2.75, 3.05) is 21.2 Å². The van der Waals surface area contributed by atoms with Gasteiger partial charge >= 0.3 is 0 Å². The third-order valence-corrected chi connectivity index (χ3v) is 3.90. The second-order valence-electron chi connectivity index (χ2n) is 5.19. The molecule has 0 atom stereocenters. The van der Waals surface area contributed by atoms with Crippen molar-refractivity contribution >= 4 is 21.9 Å². The Labute approximate surface area is 145 Å². The number of hydrogen-bond acceptors (Lipinski definition) is 3. The number of pyridine rings is 1. The number of nitrogens with one attached hydrogen (secondary N) is 1. The summed E-state index contributed by atoms with van der Waals surface area (Å²) in [6.07, 6.45) is 2.04. The van der Waals surface area contributed by atoms with E-state index in [9.17, 15) is 0 Å². The number of guanidine groups is 1. The summed E-state index contributed by atoms with van der Waals surface area (Å²) in [6.45, 7) is 1.35. The van der Waals surface area contributed by atoms with Gasteiger partial charge < -0.3 is 19.5 Å². The number of hydrogen-bond donors (Lipinski definition) is 1. The standard InChI is InChI=1S/C16H22BrN5O/c1-18-16(19-9-13-6-5-7-15(20-13)23-4)22(3)11-14-8-12(17)10-21(14)2/h5-8,10H,9,11H2,1-4H3,(H,18,19). The van der Waals surface area contributed by atoms with Crippen LogP contribution in [0, 0.1) is 0 Å². The molecule has 2 aromatic rings. The number of nitrogens with zero attached hydrogens (tertiary/aromatic N) is 4. The highest BCUT2D eigenvalue weighted by Crippen LogP contribution is 2.15. The molecule has 0 saturated heterocycles. The SMILES string of the molecule is CN=C(NCc1cccc(OC)n1)N(C)Cc1cc(Br)cn1C. The minimum absolute atomic E-state index is 0.588. The van der Waals surface area contributed by atoms with Crippen molar-refractivity contribution in [3.8, 4) is 5.88 Å². The van der Waals surface area contributed by atoms with Crippen molar-refractivity contribution in [1.82, 2.24) is 19.8 Å². The second kappa shape index (κ2) is 8.01. The van der Waals surface area contributed by atoms with Crippen molar-refractivity contribution in [3.05, 3.63) is 46.3 Å². The maximum Gasteiger partial charge on any atom is 0.213 e. The summed E-state index contributed by atoms with van der Waals surface area (Å²) in [5.41, 5.74) is 2.10. The van der Waals surface area contributed by atoms with Crippen molar-refractivity contribution in [2.24, 2.45) is 12.0 Å². The van der Waals surface area contributed by atoms with Gasteiger partial charge in [-0.1, -0.05) is 6.07 Å². The fraction of sp³-hybridized carbons (Fsp3) is 0.375. The lowest BCUT2D eigenvalue weighted by atomic mass is 10.3. The molecule has 0 saturated carbocycles. The minimum atomic E-state index is 0.588. The molecule has 0 aliphatic rings. The molecule has 0 fully saturated rings. The van der Waals surface area contributed by atoms with Crippen LogP contribution in [0.4, 0.5) is 0 Å². The first-order chi connectivity index (χ1) is 11.0. The third-order valence-electron chi connectivity index (χ3n) is 3.47. The number of aliphatic imine (C=N–C) groups is 1. The van der Waals surface area contributed by atoms with Crippen LogP contribution in [0.25, 0.3) is 0 Å². The number of aryl methyl sites for hydroxylation is 1. The number of ether oxygens (including phenoxy) is 1. The lowest BCUT2D eigenvalue weighted by Crippen LogP contribution is -2.38. The van der Waals surface area contributed by atoms with E-state index in [-0.39, 0.29) is 0 Å². The Balaban J connectivity index is 1.97. The molecule has 0 bridgehead atoms. The van der Waals surface area contributed by atoms with Crippen LogP contribution >= 0.6 is 15.9 Å². The predicted molar refractivity (Wildman–Crippen MR) is 95.6 cm³/mol. The minimum Gasteiger partial charge on any atom is -0.481 e. The molecule has 124 valence electrons. The molecule has 0 aromatic carbocycles. The smallest absolute Gasteiger partial charge is 0.213 e. The van der Waals surface area contributed by atoms with Gasteiger partial charge in [0.05, 0.1) is 25.9 Å². The molecule has 7 heteroatoms. The molecule has 6 nitrogen and oxygen atoms in total. The van der Waals surface area contributed by atoms with E-state index in [4.69, 9.17) is 4.74 Å². The molecule has 2 rings (SSSR count). The Morgan fingerprint density at radius 2 is 2.26 bits per heavy atom. The van der Waals surface area contributed by atoms with Crippen molar-refractivity contribution in [1.29, 1.82) is 0 Å². The Morgan fingerprint density at radius 1 is 1.48 bits per heavy atom. The first kappa shape index (κ1) is 17.3. The number of methoxy groups -OCH3 is 1. The Bertz CT molecular complexity index is 683. The molecule has 23 heavy (non-hydrogen) atoms. The number of aromatic nitrogens is 2. The molecule has 0 aliphatic carbocycles. The number of rotatable bonds is 5. The molecule has 0 radical (unpaired) electrons. The van der Waals surface area contributed by atoms with E-state index >= 15 is 0 Å². The monoisotopic (exact) mass is 379 g/mol. The quantitative estimate of drug-likeness (QED) is 0.640. The van der Waals surface area contributed by atoms with Crippen LogP contribution in [0.15, 0.2) is 39.9 Å². The summed E-state index contributed by atoms with van der Waals surface area (Å²) >= 11 is 3.50. The molecule has 0 amide bonds. The van der Waals surface area contributed by atoms with Gasteiger partial charge in [-0.3, -0.25) is 4.99 Å². The Morgan fingerprint density at radius 3 is 2.87 bits per heavy atom. The van der Waals surface area contributed by atoms with Gasteiger partial charge in [-0.05, 0) is 28.1 Å². The van der Waals surface area contributed by atoms with Gasteiger partial charge in [-0.2, -0.15) is 0 Å². The molecule has 0 aliphatic heterocycles. The highest BCUT2D eigenvalue weighted by atomic mass is 79.9. The topological polar surface area (TPSA) is 54.7 Å². The van der Waals surface area contributed by atoms with Crippen LogP contribution in [0.3, 0.4) is 0 Å². The largest absolute Gasteiger partial charge is 0.481 e. The van der Waals surface area contributed by atoms with Crippen LogP contribution in [0.5, 0.6) is 5.88 Å². The van der Waals surface area contributed by atoms with Gasteiger partial charge in [0.25, 0.3) is 0 Å². The molecule has 0 unspecified atom stereocenters. The Kier molecular flexibility index (Phi) is 6.04. The van der Waals surface area contributed by atoms with Gasteiger partial charge in [0.2, 0.25) is 5.88 Å². The van der Waals surface area contributed by atoms with E-state index in [1.807, 2.05) is 38.5 Å². The van der Waals surface area contributed by atoms with Crippen molar-refractivity contribution < 1.29 is 4.74 Å². The summed E-state index contributed by atoms with van der Waals surface area (Å²) in [4.78, 5) is 10.8. The third kappa shape index (κ3) is 4.72. The highest BCUT2D eigenvalue weighted by Gasteiger charge is 2.10. The van der Waals surface area contributed by atoms with Gasteiger partial charge in [0.15, 0.2) is 5.96 Å². The van der Waals surface area contributed by atoms with E-state index < -0.39 is 0 Å². The average molecular weight is 380 g/mol. The summed E-state index contributed by atoms with van der Waals surface area (Å²) in [7, 11) is 7.43. The first-order valence-electron chi connectivity index (χ1n) is 7.26. The molecule has 2 heterocycles. The molecule has 1 N–H and O–H groups in total. The lowest BCUT2D eigenvalue weighted by Gasteiger charge is -2.22. The zero-order valence-corrected chi connectivity index (χ0v) is 15.5. The zero-order chi connectivity index (χ0) is 16.8. The van der Waals surface area contributed by atoms with E-state index in [0.717, 1.165) is 22.7 Å². The fourth-order valence-electron chi connectivity index (χ4n) is 2.27. The van der Waals surface area contributed by atoms with Crippen LogP contribution in [-0.2, 0) is 20.1 Å². The number of halogens is 1. The van der Waals surface area contributed by atoms with Gasteiger partial charge in [0.1, 0.15) is 0 Å². The summed E-state index contributed by atoms with van der Waals surface area (Å²) in [5.74, 6) is 1.42. The normalized spacial score (nSPS) is 11.4. The van der Waals surface area contributed by atoms with E-state index in [2.05, 4.69) is 46.8 Å². The van der Waals surface area contributed by atoms with Crippen LogP contribution in [0.1, 0.15) is 11.4 Å².